The molecule has 0 aliphatic heterocycles. The molecule has 1 rings (SSSR count). The molecule has 1 aromatic carbocycles. The Hall–Kier alpha value is -1.28. The minimum atomic E-state index is -4.33. The third kappa shape index (κ3) is 5.55. The summed E-state index contributed by atoms with van der Waals surface area (Å²) in [5.74, 6) is 0. The second kappa shape index (κ2) is 5.87. The predicted octanol–water partition coefficient (Wildman–Crippen LogP) is 2.47. The Balaban J connectivity index is 2.84. The van der Waals surface area contributed by atoms with Crippen LogP contribution < -0.4 is 11.2 Å². The minimum absolute atomic E-state index is 0.0535. The monoisotopic (exact) mass is 279 g/mol. The Bertz CT molecular complexity index is 432. The lowest BCUT2D eigenvalue weighted by atomic mass is 10.2. The summed E-state index contributed by atoms with van der Waals surface area (Å²) in [6, 6.07) is 6.01. The van der Waals surface area contributed by atoms with E-state index in [0.717, 1.165) is 0 Å². The van der Waals surface area contributed by atoms with Crippen LogP contribution in [0, 0.1) is 0 Å². The second-order valence-corrected chi connectivity index (χ2v) is 4.37. The maximum atomic E-state index is 12.2. The van der Waals surface area contributed by atoms with Gasteiger partial charge in [-0.05, 0) is 30.0 Å². The first-order valence-electron chi connectivity index (χ1n) is 4.32. The van der Waals surface area contributed by atoms with Crippen LogP contribution in [0.25, 0.3) is 0 Å². The maximum Gasteiger partial charge on any atom is 0.446 e. The van der Waals surface area contributed by atoms with Crippen LogP contribution in [0.15, 0.2) is 34.3 Å². The van der Waals surface area contributed by atoms with E-state index in [0.29, 0.717) is 5.56 Å². The van der Waals surface area contributed by atoms with E-state index in [1.807, 2.05) is 0 Å². The minimum Gasteiger partial charge on any atom is -0.375 e. The van der Waals surface area contributed by atoms with Gasteiger partial charge in [-0.15, -0.1) is 0 Å². The van der Waals surface area contributed by atoms with Crippen LogP contribution in [0.2, 0.25) is 0 Å². The molecule has 3 N–H and O–H groups in total. The molecular formula is C9H8F3N3S2. The lowest BCUT2D eigenvalue weighted by Gasteiger charge is -2.07. The SMILES string of the molecule is NC(=S)NN=Cc1ccccc1SC(F)(F)F. The molecule has 0 unspecified atom stereocenters. The molecule has 8 heteroatoms. The summed E-state index contributed by atoms with van der Waals surface area (Å²) < 4.78 is 36.7. The Labute approximate surface area is 105 Å². The lowest BCUT2D eigenvalue weighted by Crippen LogP contribution is -2.24. The first-order chi connectivity index (χ1) is 7.88. The fourth-order valence-corrected chi connectivity index (χ4v) is 1.66. The van der Waals surface area contributed by atoms with Crippen molar-refractivity contribution in [1.29, 1.82) is 0 Å². The average Bonchev–Trinajstić information content (AvgIpc) is 2.17. The van der Waals surface area contributed by atoms with Crippen molar-refractivity contribution in [2.24, 2.45) is 10.8 Å². The van der Waals surface area contributed by atoms with E-state index in [9.17, 15) is 13.2 Å². The fraction of sp³-hybridized carbons (Fsp3) is 0.111. The molecule has 0 radical (unpaired) electrons. The zero-order valence-corrected chi connectivity index (χ0v) is 9.99. The molecule has 0 aliphatic carbocycles. The molecule has 0 heterocycles. The van der Waals surface area contributed by atoms with Gasteiger partial charge in [-0.3, -0.25) is 5.43 Å². The zero-order valence-electron chi connectivity index (χ0n) is 8.36. The van der Waals surface area contributed by atoms with E-state index in [-0.39, 0.29) is 21.8 Å². The molecule has 0 saturated carbocycles. The molecule has 0 fully saturated rings. The fourth-order valence-electron chi connectivity index (χ4n) is 0.970. The van der Waals surface area contributed by atoms with Gasteiger partial charge in [0, 0.05) is 10.5 Å². The number of hydrazone groups is 1. The van der Waals surface area contributed by atoms with Crippen molar-refractivity contribution < 1.29 is 13.2 Å². The van der Waals surface area contributed by atoms with Gasteiger partial charge in [0.1, 0.15) is 0 Å². The highest BCUT2D eigenvalue weighted by molar-refractivity contribution is 8.00. The molecule has 0 aliphatic rings. The second-order valence-electron chi connectivity index (χ2n) is 2.82. The summed E-state index contributed by atoms with van der Waals surface area (Å²) in [5, 5.41) is 3.56. The zero-order chi connectivity index (χ0) is 12.9. The Morgan fingerprint density at radius 2 is 2.06 bits per heavy atom. The van der Waals surface area contributed by atoms with Crippen molar-refractivity contribution in [2.75, 3.05) is 0 Å². The highest BCUT2D eigenvalue weighted by Crippen LogP contribution is 2.37. The van der Waals surface area contributed by atoms with Crippen LogP contribution in [0.5, 0.6) is 0 Å². The molecule has 3 nitrogen and oxygen atoms in total. The highest BCUT2D eigenvalue weighted by Gasteiger charge is 2.29. The number of hydrogen-bond donors (Lipinski definition) is 2. The highest BCUT2D eigenvalue weighted by atomic mass is 32.2. The van der Waals surface area contributed by atoms with Crippen molar-refractivity contribution >= 4 is 35.3 Å². The first kappa shape index (κ1) is 13.8. The number of benzene rings is 1. The van der Waals surface area contributed by atoms with Crippen LogP contribution >= 0.6 is 24.0 Å². The van der Waals surface area contributed by atoms with Gasteiger partial charge >= 0.3 is 5.51 Å². The third-order valence-corrected chi connectivity index (χ3v) is 2.44. The summed E-state index contributed by atoms with van der Waals surface area (Å²) in [6.45, 7) is 0. The van der Waals surface area contributed by atoms with E-state index in [2.05, 4.69) is 22.7 Å². The molecule has 0 bridgehead atoms. The van der Waals surface area contributed by atoms with Gasteiger partial charge < -0.3 is 5.73 Å². The predicted molar refractivity (Wildman–Crippen MR) is 65.9 cm³/mol. The number of nitrogens with two attached hydrogens (primary N) is 1. The lowest BCUT2D eigenvalue weighted by molar-refractivity contribution is -0.0328. The third-order valence-electron chi connectivity index (χ3n) is 1.52. The molecule has 0 atom stereocenters. The molecule has 17 heavy (non-hydrogen) atoms. The van der Waals surface area contributed by atoms with Gasteiger partial charge in [-0.2, -0.15) is 18.3 Å². The average molecular weight is 279 g/mol. The van der Waals surface area contributed by atoms with Gasteiger partial charge in [0.05, 0.1) is 6.21 Å². The van der Waals surface area contributed by atoms with Crippen LogP contribution in [0.3, 0.4) is 0 Å². The van der Waals surface area contributed by atoms with Crippen LogP contribution in [-0.4, -0.2) is 16.8 Å². The molecule has 1 aromatic rings. The number of nitrogens with zero attached hydrogens (tertiary/aromatic N) is 1. The summed E-state index contributed by atoms with van der Waals surface area (Å²) in [6.07, 6.45) is 1.23. The summed E-state index contributed by atoms with van der Waals surface area (Å²) in [5.41, 5.74) is 3.39. The molecular weight excluding hydrogens is 271 g/mol. The van der Waals surface area contributed by atoms with Gasteiger partial charge in [0.25, 0.3) is 0 Å². The smallest absolute Gasteiger partial charge is 0.375 e. The van der Waals surface area contributed by atoms with E-state index >= 15 is 0 Å². The quantitative estimate of drug-likeness (QED) is 0.386. The van der Waals surface area contributed by atoms with E-state index in [1.165, 1.54) is 24.4 Å². The number of halogens is 3. The summed E-state index contributed by atoms with van der Waals surface area (Å²) in [4.78, 5) is 0.0634. The molecule has 0 saturated heterocycles. The summed E-state index contributed by atoms with van der Waals surface area (Å²) in [7, 11) is 0. The van der Waals surface area contributed by atoms with Crippen LogP contribution in [-0.2, 0) is 0 Å². The van der Waals surface area contributed by atoms with Gasteiger partial charge in [0.15, 0.2) is 5.11 Å². The van der Waals surface area contributed by atoms with Crippen molar-refractivity contribution in [2.45, 2.75) is 10.4 Å². The Kier molecular flexibility index (Phi) is 4.76. The van der Waals surface area contributed by atoms with E-state index in [1.54, 1.807) is 6.07 Å². The van der Waals surface area contributed by atoms with Gasteiger partial charge in [-0.25, -0.2) is 0 Å². The van der Waals surface area contributed by atoms with Crippen molar-refractivity contribution in [3.8, 4) is 0 Å². The van der Waals surface area contributed by atoms with Crippen LogP contribution in [0.4, 0.5) is 13.2 Å². The normalized spacial score (nSPS) is 11.7. The number of nitrogens with one attached hydrogen (secondary N) is 1. The Morgan fingerprint density at radius 3 is 2.65 bits per heavy atom. The number of alkyl halides is 3. The molecule has 0 amide bonds. The van der Waals surface area contributed by atoms with Crippen molar-refractivity contribution in [1.82, 2.24) is 5.43 Å². The topological polar surface area (TPSA) is 50.4 Å². The van der Waals surface area contributed by atoms with Crippen molar-refractivity contribution in [3.05, 3.63) is 29.8 Å². The van der Waals surface area contributed by atoms with Gasteiger partial charge in [0.2, 0.25) is 0 Å². The summed E-state index contributed by atoms with van der Waals surface area (Å²) >= 11 is 4.30. The molecule has 0 spiro atoms. The number of thioether (sulfide) groups is 1. The van der Waals surface area contributed by atoms with Gasteiger partial charge in [-0.1, -0.05) is 18.2 Å². The largest absolute Gasteiger partial charge is 0.446 e. The molecule has 92 valence electrons. The number of thiocarbonyl (C=S) groups is 1. The van der Waals surface area contributed by atoms with Crippen molar-refractivity contribution in [3.63, 3.8) is 0 Å². The van der Waals surface area contributed by atoms with E-state index < -0.39 is 5.51 Å². The molecule has 0 aromatic heterocycles. The number of hydrogen-bond acceptors (Lipinski definition) is 3. The first-order valence-corrected chi connectivity index (χ1v) is 5.54. The standard InChI is InChI=1S/C9H8F3N3S2/c10-9(11,12)17-7-4-2-1-3-6(7)5-14-15-8(13)16/h1-5H,(H3,13,15,16). The number of rotatable bonds is 3. The Morgan fingerprint density at radius 1 is 1.41 bits per heavy atom. The maximum absolute atomic E-state index is 12.2. The van der Waals surface area contributed by atoms with E-state index in [4.69, 9.17) is 5.73 Å². The van der Waals surface area contributed by atoms with Crippen LogP contribution in [0.1, 0.15) is 5.56 Å².